The zero-order valence-corrected chi connectivity index (χ0v) is 12.5. The van der Waals surface area contributed by atoms with Crippen LogP contribution in [0.3, 0.4) is 0 Å². The highest BCUT2D eigenvalue weighted by Gasteiger charge is 2.11. The van der Waals surface area contributed by atoms with Crippen molar-refractivity contribution >= 4 is 22.8 Å². The van der Waals surface area contributed by atoms with Gasteiger partial charge in [-0.3, -0.25) is 0 Å². The molecular weight excluding hydrogens is 286 g/mol. The highest BCUT2D eigenvalue weighted by Crippen LogP contribution is 2.19. The van der Waals surface area contributed by atoms with Crippen LogP contribution < -0.4 is 5.63 Å². The van der Waals surface area contributed by atoms with Crippen molar-refractivity contribution in [3.8, 4) is 11.5 Å². The van der Waals surface area contributed by atoms with Gasteiger partial charge in [-0.2, -0.15) is 4.98 Å². The molecule has 0 fully saturated rings. The van der Waals surface area contributed by atoms with Crippen LogP contribution in [-0.2, 0) is 0 Å². The Bertz CT molecular complexity index is 844. The van der Waals surface area contributed by atoms with Crippen LogP contribution >= 0.6 is 11.8 Å². The van der Waals surface area contributed by atoms with Crippen LogP contribution in [0.25, 0.3) is 22.5 Å². The van der Waals surface area contributed by atoms with Gasteiger partial charge in [0.2, 0.25) is 5.89 Å². The Morgan fingerprint density at radius 1 is 1.19 bits per heavy atom. The summed E-state index contributed by atoms with van der Waals surface area (Å²) in [7, 11) is 0. The van der Waals surface area contributed by atoms with Gasteiger partial charge in [0, 0.05) is 11.8 Å². The minimum Gasteiger partial charge on any atom is -0.403 e. The van der Waals surface area contributed by atoms with Crippen LogP contribution in [0.4, 0.5) is 0 Å². The zero-order chi connectivity index (χ0) is 14.8. The van der Waals surface area contributed by atoms with Crippen molar-refractivity contribution in [3.05, 3.63) is 46.4 Å². The molecule has 0 unspecified atom stereocenters. The fraction of sp³-hybridized carbons (Fsp3) is 0.200. The highest BCUT2D eigenvalue weighted by atomic mass is 32.2. The first kappa shape index (κ1) is 13.8. The number of hydrogen-bond acceptors (Lipinski definition) is 6. The van der Waals surface area contributed by atoms with E-state index in [1.54, 1.807) is 0 Å². The van der Waals surface area contributed by atoms with E-state index in [0.717, 1.165) is 16.9 Å². The molecule has 0 radical (unpaired) electrons. The minimum atomic E-state index is -0.469. The molecule has 5 nitrogen and oxygen atoms in total. The van der Waals surface area contributed by atoms with Crippen molar-refractivity contribution < 1.29 is 4.42 Å². The summed E-state index contributed by atoms with van der Waals surface area (Å²) in [5, 5.41) is 0.907. The highest BCUT2D eigenvalue weighted by molar-refractivity contribution is 7.99. The van der Waals surface area contributed by atoms with Crippen molar-refractivity contribution in [2.45, 2.75) is 19.0 Å². The maximum absolute atomic E-state index is 12.0. The molecule has 21 heavy (non-hydrogen) atoms. The number of nitrogens with zero attached hydrogens (tertiary/aromatic N) is 3. The van der Waals surface area contributed by atoms with Crippen LogP contribution in [0.15, 0.2) is 44.8 Å². The normalized spacial score (nSPS) is 11.0. The van der Waals surface area contributed by atoms with E-state index in [1.165, 1.54) is 18.0 Å². The molecule has 1 aromatic carbocycles. The number of aromatic nitrogens is 3. The molecule has 0 atom stereocenters. The molecule has 2 aromatic heterocycles. The number of hydrogen-bond donors (Lipinski definition) is 0. The zero-order valence-electron chi connectivity index (χ0n) is 11.7. The molecule has 0 aliphatic rings. The number of benzene rings is 1. The Balaban J connectivity index is 2.16. The minimum absolute atomic E-state index is 0.277. The summed E-state index contributed by atoms with van der Waals surface area (Å²) in [6.45, 7) is 4.01. The van der Waals surface area contributed by atoms with Gasteiger partial charge < -0.3 is 4.42 Å². The molecule has 0 aliphatic carbocycles. The van der Waals surface area contributed by atoms with Crippen LogP contribution in [0.5, 0.6) is 0 Å². The Morgan fingerprint density at radius 3 is 2.67 bits per heavy atom. The van der Waals surface area contributed by atoms with Gasteiger partial charge in [0.05, 0.1) is 0 Å². The van der Waals surface area contributed by atoms with Crippen molar-refractivity contribution in [1.29, 1.82) is 0 Å². The topological polar surface area (TPSA) is 68.9 Å². The molecule has 0 N–H and O–H groups in total. The van der Waals surface area contributed by atoms with Gasteiger partial charge in [0.1, 0.15) is 5.39 Å². The molecule has 0 saturated heterocycles. The standard InChI is InChI=1S/C15H13N3O2S/c1-3-21-15-16-8-11-12(18-15)17-13(20-14(11)19)10-6-4-9(2)5-7-10/h4-8H,3H2,1-2H3. The molecule has 0 spiro atoms. The summed E-state index contributed by atoms with van der Waals surface area (Å²) >= 11 is 1.50. The third-order valence-corrected chi connectivity index (χ3v) is 3.68. The second-order valence-corrected chi connectivity index (χ2v) is 5.73. The van der Waals surface area contributed by atoms with Gasteiger partial charge in [-0.1, -0.05) is 36.4 Å². The molecular formula is C15H13N3O2S. The summed E-state index contributed by atoms with van der Waals surface area (Å²) in [6.07, 6.45) is 1.47. The van der Waals surface area contributed by atoms with Crippen LogP contribution in [0, 0.1) is 6.92 Å². The predicted molar refractivity (Wildman–Crippen MR) is 82.4 cm³/mol. The molecule has 6 heteroatoms. The second kappa shape index (κ2) is 5.65. The molecule has 3 aromatic rings. The molecule has 2 heterocycles. The number of fused-ring (bicyclic) bond motifs is 1. The smallest absolute Gasteiger partial charge is 0.350 e. The van der Waals surface area contributed by atoms with Crippen molar-refractivity contribution in [2.75, 3.05) is 5.75 Å². The molecule has 0 saturated carbocycles. The summed E-state index contributed by atoms with van der Waals surface area (Å²) in [4.78, 5) is 24.8. The molecule has 3 rings (SSSR count). The third kappa shape index (κ3) is 2.80. The Hall–Kier alpha value is -2.21. The van der Waals surface area contributed by atoms with Crippen molar-refractivity contribution in [1.82, 2.24) is 15.0 Å². The largest absolute Gasteiger partial charge is 0.403 e. The number of thioether (sulfide) groups is 1. The summed E-state index contributed by atoms with van der Waals surface area (Å²) in [5.41, 5.74) is 1.78. The van der Waals surface area contributed by atoms with Gasteiger partial charge in [-0.05, 0) is 24.8 Å². The first-order chi connectivity index (χ1) is 10.2. The van der Waals surface area contributed by atoms with Crippen LogP contribution in [0.1, 0.15) is 12.5 Å². The van der Waals surface area contributed by atoms with Crippen LogP contribution in [-0.4, -0.2) is 20.7 Å². The van der Waals surface area contributed by atoms with Crippen molar-refractivity contribution in [3.63, 3.8) is 0 Å². The lowest BCUT2D eigenvalue weighted by Crippen LogP contribution is -2.05. The summed E-state index contributed by atoms with van der Waals surface area (Å²) < 4.78 is 5.26. The lowest BCUT2D eigenvalue weighted by molar-refractivity contribution is 0.517. The third-order valence-electron chi connectivity index (χ3n) is 2.94. The van der Waals surface area contributed by atoms with Crippen molar-refractivity contribution in [2.24, 2.45) is 0 Å². The lowest BCUT2D eigenvalue weighted by atomic mass is 10.1. The first-order valence-corrected chi connectivity index (χ1v) is 7.53. The monoisotopic (exact) mass is 299 g/mol. The fourth-order valence-corrected chi connectivity index (χ4v) is 2.40. The molecule has 0 aliphatic heterocycles. The van der Waals surface area contributed by atoms with E-state index in [0.29, 0.717) is 16.2 Å². The maximum atomic E-state index is 12.0. The Morgan fingerprint density at radius 2 is 1.95 bits per heavy atom. The Kier molecular flexibility index (Phi) is 3.70. The van der Waals surface area contributed by atoms with Gasteiger partial charge in [-0.25, -0.2) is 14.8 Å². The van der Waals surface area contributed by atoms with E-state index in [4.69, 9.17) is 4.42 Å². The van der Waals surface area contributed by atoms with Gasteiger partial charge in [0.15, 0.2) is 10.8 Å². The first-order valence-electron chi connectivity index (χ1n) is 6.55. The van der Waals surface area contributed by atoms with E-state index in [1.807, 2.05) is 38.1 Å². The quantitative estimate of drug-likeness (QED) is 0.547. The number of rotatable bonds is 3. The second-order valence-electron chi connectivity index (χ2n) is 4.50. The van der Waals surface area contributed by atoms with E-state index in [9.17, 15) is 4.79 Å². The van der Waals surface area contributed by atoms with Gasteiger partial charge in [-0.15, -0.1) is 0 Å². The SMILES string of the molecule is CCSc1ncc2c(=O)oc(-c3ccc(C)cc3)nc2n1. The average Bonchev–Trinajstić information content (AvgIpc) is 2.48. The number of aryl methyl sites for hydroxylation is 1. The molecule has 0 amide bonds. The molecule has 106 valence electrons. The Labute approximate surface area is 125 Å². The summed E-state index contributed by atoms with van der Waals surface area (Å²) in [6, 6.07) is 7.63. The van der Waals surface area contributed by atoms with E-state index < -0.39 is 5.63 Å². The van der Waals surface area contributed by atoms with E-state index in [-0.39, 0.29) is 5.89 Å². The predicted octanol–water partition coefficient (Wildman–Crippen LogP) is 3.07. The average molecular weight is 299 g/mol. The molecule has 0 bridgehead atoms. The lowest BCUT2D eigenvalue weighted by Gasteiger charge is -2.02. The summed E-state index contributed by atoms with van der Waals surface area (Å²) in [5.74, 6) is 1.14. The van der Waals surface area contributed by atoms with E-state index >= 15 is 0 Å². The maximum Gasteiger partial charge on any atom is 0.350 e. The van der Waals surface area contributed by atoms with E-state index in [2.05, 4.69) is 15.0 Å². The van der Waals surface area contributed by atoms with Gasteiger partial charge >= 0.3 is 5.63 Å². The van der Waals surface area contributed by atoms with Gasteiger partial charge in [0.25, 0.3) is 0 Å². The van der Waals surface area contributed by atoms with Crippen LogP contribution in [0.2, 0.25) is 0 Å². The fourth-order valence-electron chi connectivity index (χ4n) is 1.87.